The molecule has 7 heteroatoms. The Hall–Kier alpha value is -1.57. The smallest absolute Gasteiger partial charge is 0.226 e. The van der Waals surface area contributed by atoms with Gasteiger partial charge in [-0.05, 0) is 37.5 Å². The van der Waals surface area contributed by atoms with Crippen LogP contribution in [-0.2, 0) is 16.0 Å². The molecule has 0 aliphatic carbocycles. The molecule has 0 saturated carbocycles. The second-order valence-electron chi connectivity index (χ2n) is 7.26. The molecule has 0 unspecified atom stereocenters. The lowest BCUT2D eigenvalue weighted by molar-refractivity contribution is -0.245. The molecule has 5 nitrogen and oxygen atoms in total. The van der Waals surface area contributed by atoms with Gasteiger partial charge in [0.15, 0.2) is 0 Å². The Morgan fingerprint density at radius 3 is 2.44 bits per heavy atom. The molecule has 2 heterocycles. The monoisotopic (exact) mass is 355 g/mol. The molecule has 3 rings (SSSR count). The molecule has 25 heavy (non-hydrogen) atoms. The van der Waals surface area contributed by atoms with Crippen molar-refractivity contribution < 1.29 is 28.5 Å². The van der Waals surface area contributed by atoms with E-state index in [2.05, 4.69) is 0 Å². The van der Waals surface area contributed by atoms with Crippen molar-refractivity contribution in [1.82, 2.24) is 4.90 Å². The summed E-state index contributed by atoms with van der Waals surface area (Å²) in [4.78, 5) is 14.0. The highest BCUT2D eigenvalue weighted by Gasteiger charge is 2.52. The molecule has 1 spiro atoms. The van der Waals surface area contributed by atoms with Crippen LogP contribution in [0, 0.1) is 11.6 Å². The number of benzene rings is 1. The maximum Gasteiger partial charge on any atom is 0.226 e. The second-order valence-corrected chi connectivity index (χ2v) is 7.26. The van der Waals surface area contributed by atoms with Crippen LogP contribution in [0.1, 0.15) is 31.7 Å². The molecule has 2 fully saturated rings. The van der Waals surface area contributed by atoms with Crippen LogP contribution in [0.2, 0.25) is 0 Å². The highest BCUT2D eigenvalue weighted by Crippen LogP contribution is 2.39. The average molecular weight is 355 g/mol. The first-order valence-corrected chi connectivity index (χ1v) is 8.49. The van der Waals surface area contributed by atoms with E-state index in [0.717, 1.165) is 18.2 Å². The Labute approximate surface area is 145 Å². The fourth-order valence-corrected chi connectivity index (χ4v) is 3.80. The summed E-state index contributed by atoms with van der Waals surface area (Å²) in [6, 6.07) is 3.07. The molecule has 0 aromatic heterocycles. The number of ether oxygens (including phenoxy) is 1. The second kappa shape index (κ2) is 6.63. The van der Waals surface area contributed by atoms with Crippen LogP contribution in [0.3, 0.4) is 0 Å². The first-order valence-electron chi connectivity index (χ1n) is 8.49. The summed E-state index contributed by atoms with van der Waals surface area (Å²) in [6.07, 6.45) is 0.0940. The predicted octanol–water partition coefficient (Wildman–Crippen LogP) is 1.40. The molecule has 0 bridgehead atoms. The van der Waals surface area contributed by atoms with Gasteiger partial charge in [0.2, 0.25) is 5.91 Å². The van der Waals surface area contributed by atoms with Crippen LogP contribution in [0.15, 0.2) is 18.2 Å². The van der Waals surface area contributed by atoms with Crippen LogP contribution < -0.4 is 0 Å². The number of halogens is 2. The Balaban J connectivity index is 1.63. The quantitative estimate of drug-likeness (QED) is 0.841. The van der Waals surface area contributed by atoms with Crippen LogP contribution in [-0.4, -0.2) is 58.0 Å². The third kappa shape index (κ3) is 3.68. The summed E-state index contributed by atoms with van der Waals surface area (Å²) in [5, 5.41) is 20.8. The minimum atomic E-state index is -1.20. The van der Waals surface area contributed by atoms with E-state index in [-0.39, 0.29) is 12.3 Å². The first-order chi connectivity index (χ1) is 11.7. The van der Waals surface area contributed by atoms with E-state index in [1.54, 1.807) is 11.8 Å². The molecule has 2 aliphatic heterocycles. The van der Waals surface area contributed by atoms with Gasteiger partial charge in [-0.1, -0.05) is 0 Å². The molecule has 2 saturated heterocycles. The molecule has 2 N–H and O–H groups in total. The van der Waals surface area contributed by atoms with Gasteiger partial charge in [-0.25, -0.2) is 8.78 Å². The van der Waals surface area contributed by atoms with Crippen LogP contribution in [0.5, 0.6) is 0 Å². The summed E-state index contributed by atoms with van der Waals surface area (Å²) < 4.78 is 32.3. The van der Waals surface area contributed by atoms with E-state index in [0.29, 0.717) is 44.5 Å². The zero-order valence-electron chi connectivity index (χ0n) is 14.2. The Morgan fingerprint density at radius 2 is 1.84 bits per heavy atom. The van der Waals surface area contributed by atoms with E-state index in [1.807, 2.05) is 0 Å². The van der Waals surface area contributed by atoms with Gasteiger partial charge in [0.05, 0.1) is 18.6 Å². The molecule has 2 atom stereocenters. The number of rotatable bonds is 2. The van der Waals surface area contributed by atoms with Crippen molar-refractivity contribution in [2.75, 3.05) is 19.7 Å². The Bertz CT molecular complexity index is 636. The lowest BCUT2D eigenvalue weighted by Gasteiger charge is -2.51. The maximum atomic E-state index is 13.2. The largest absolute Gasteiger partial charge is 0.387 e. The molecule has 1 aromatic carbocycles. The lowest BCUT2D eigenvalue weighted by Crippen LogP contribution is -2.64. The number of hydrogen-bond donors (Lipinski definition) is 2. The summed E-state index contributed by atoms with van der Waals surface area (Å²) in [7, 11) is 0. The summed E-state index contributed by atoms with van der Waals surface area (Å²) in [5.41, 5.74) is -1.76. The molecule has 2 aliphatic rings. The number of aliphatic hydroxyl groups is 2. The fourth-order valence-electron chi connectivity index (χ4n) is 3.80. The maximum absolute atomic E-state index is 13.2. The van der Waals surface area contributed by atoms with Crippen molar-refractivity contribution >= 4 is 5.91 Å². The number of nitrogens with zero attached hydrogens (tertiary/aromatic N) is 1. The molecule has 1 aromatic rings. The number of aliphatic hydroxyl groups excluding tert-OH is 1. The van der Waals surface area contributed by atoms with Crippen molar-refractivity contribution in [2.45, 2.75) is 49.9 Å². The normalized spacial score (nSPS) is 29.0. The average Bonchev–Trinajstić information content (AvgIpc) is 2.52. The van der Waals surface area contributed by atoms with Crippen LogP contribution in [0.4, 0.5) is 8.78 Å². The highest BCUT2D eigenvalue weighted by molar-refractivity contribution is 5.78. The predicted molar refractivity (Wildman–Crippen MR) is 85.8 cm³/mol. The standard InChI is InChI=1S/C18H23F2NO4/c1-17(24)4-7-25-18(16(17)23)2-5-21(6-3-18)15(22)10-12-8-13(19)11-14(20)9-12/h8-9,11,16,23-24H,2-7,10H2,1H3/t16-,17+/m0/s1. The van der Waals surface area contributed by atoms with Crippen molar-refractivity contribution in [3.63, 3.8) is 0 Å². The fraction of sp³-hybridized carbons (Fsp3) is 0.611. The first kappa shape index (κ1) is 18.2. The van der Waals surface area contributed by atoms with Gasteiger partial charge < -0.3 is 19.8 Å². The van der Waals surface area contributed by atoms with E-state index >= 15 is 0 Å². The van der Waals surface area contributed by atoms with E-state index in [1.165, 1.54) is 0 Å². The Kier molecular flexibility index (Phi) is 4.83. The van der Waals surface area contributed by atoms with Crippen molar-refractivity contribution in [3.05, 3.63) is 35.4 Å². The van der Waals surface area contributed by atoms with Crippen molar-refractivity contribution in [2.24, 2.45) is 0 Å². The van der Waals surface area contributed by atoms with E-state index < -0.39 is 28.9 Å². The third-order valence-corrected chi connectivity index (χ3v) is 5.33. The number of piperidine rings is 1. The van der Waals surface area contributed by atoms with Crippen LogP contribution >= 0.6 is 0 Å². The van der Waals surface area contributed by atoms with E-state index in [4.69, 9.17) is 4.74 Å². The van der Waals surface area contributed by atoms with Crippen LogP contribution in [0.25, 0.3) is 0 Å². The van der Waals surface area contributed by atoms with Gasteiger partial charge in [-0.2, -0.15) is 0 Å². The minimum absolute atomic E-state index is 0.0805. The highest BCUT2D eigenvalue weighted by atomic mass is 19.1. The number of amides is 1. The molecular formula is C18H23F2NO4. The topological polar surface area (TPSA) is 70.0 Å². The lowest BCUT2D eigenvalue weighted by atomic mass is 9.75. The molecule has 0 radical (unpaired) electrons. The zero-order chi connectivity index (χ0) is 18.2. The molecule has 1 amide bonds. The zero-order valence-corrected chi connectivity index (χ0v) is 14.2. The van der Waals surface area contributed by atoms with Gasteiger partial charge >= 0.3 is 0 Å². The van der Waals surface area contributed by atoms with Gasteiger partial charge in [-0.3, -0.25) is 4.79 Å². The third-order valence-electron chi connectivity index (χ3n) is 5.33. The number of carbonyl (C=O) groups excluding carboxylic acids is 1. The molecular weight excluding hydrogens is 332 g/mol. The summed E-state index contributed by atoms with van der Waals surface area (Å²) in [6.45, 7) is 2.69. The number of carbonyl (C=O) groups is 1. The van der Waals surface area contributed by atoms with Crippen molar-refractivity contribution in [1.29, 1.82) is 0 Å². The van der Waals surface area contributed by atoms with Crippen molar-refractivity contribution in [3.8, 4) is 0 Å². The van der Waals surface area contributed by atoms with Gasteiger partial charge in [0.1, 0.15) is 23.3 Å². The Morgan fingerprint density at radius 1 is 1.24 bits per heavy atom. The van der Waals surface area contributed by atoms with Gasteiger partial charge in [0, 0.05) is 25.6 Å². The summed E-state index contributed by atoms with van der Waals surface area (Å²) in [5.74, 6) is -1.64. The van der Waals surface area contributed by atoms with Gasteiger partial charge in [0.25, 0.3) is 0 Å². The number of likely N-dealkylation sites (tertiary alicyclic amines) is 1. The minimum Gasteiger partial charge on any atom is -0.387 e. The van der Waals surface area contributed by atoms with Gasteiger partial charge in [-0.15, -0.1) is 0 Å². The summed E-state index contributed by atoms with van der Waals surface area (Å²) >= 11 is 0. The molecule has 138 valence electrons. The van der Waals surface area contributed by atoms with E-state index in [9.17, 15) is 23.8 Å². The number of hydrogen-bond acceptors (Lipinski definition) is 4. The SMILES string of the molecule is C[C@@]1(O)CCOC2(CCN(C(=O)Cc3cc(F)cc(F)c3)CC2)[C@H]1O.